The Hall–Kier alpha value is -2.03. The normalized spacial score (nSPS) is 10.1. The maximum atomic E-state index is 13.4. The van der Waals surface area contributed by atoms with E-state index in [1.54, 1.807) is 18.2 Å². The molecule has 94 valence electrons. The molecule has 0 saturated heterocycles. The Balaban J connectivity index is 2.08. The first-order chi connectivity index (χ1) is 8.81. The van der Waals surface area contributed by atoms with Crippen LogP contribution in [0.2, 0.25) is 0 Å². The molecule has 0 amide bonds. The number of benzene rings is 2. The molecule has 0 aromatic heterocycles. The highest BCUT2D eigenvalue weighted by Crippen LogP contribution is 2.20. The van der Waals surface area contributed by atoms with Gasteiger partial charge in [-0.3, -0.25) is 0 Å². The Morgan fingerprint density at radius 3 is 2.56 bits per heavy atom. The summed E-state index contributed by atoms with van der Waals surface area (Å²) in [6, 6.07) is 14.4. The molecular weight excluding hydrogens is 229 g/mol. The summed E-state index contributed by atoms with van der Waals surface area (Å²) in [5.41, 5.74) is 1.52. The summed E-state index contributed by atoms with van der Waals surface area (Å²) in [6.07, 6.45) is 0. The number of hydrogen-bond donors (Lipinski definition) is 1. The van der Waals surface area contributed by atoms with Gasteiger partial charge in [0.15, 0.2) is 0 Å². The van der Waals surface area contributed by atoms with Crippen molar-refractivity contribution in [2.75, 3.05) is 11.9 Å². The molecule has 0 radical (unpaired) electrons. The Morgan fingerprint density at radius 2 is 1.78 bits per heavy atom. The first kappa shape index (κ1) is 12.4. The van der Waals surface area contributed by atoms with E-state index in [1.807, 2.05) is 31.2 Å². The summed E-state index contributed by atoms with van der Waals surface area (Å²) in [5.74, 6) is 0.593. The molecular formula is C15H16FNO. The summed E-state index contributed by atoms with van der Waals surface area (Å²) in [7, 11) is 0. The molecule has 0 fully saturated rings. The van der Waals surface area contributed by atoms with E-state index in [9.17, 15) is 4.39 Å². The summed E-state index contributed by atoms with van der Waals surface area (Å²) in [5, 5.41) is 3.07. The fourth-order valence-electron chi connectivity index (χ4n) is 1.74. The van der Waals surface area contributed by atoms with Gasteiger partial charge in [-0.1, -0.05) is 30.3 Å². The summed E-state index contributed by atoms with van der Waals surface area (Å²) in [6.45, 7) is 3.11. The molecule has 0 aliphatic heterocycles. The van der Waals surface area contributed by atoms with Crippen LogP contribution in [0.25, 0.3) is 0 Å². The number of ether oxygens (including phenoxy) is 1. The summed E-state index contributed by atoms with van der Waals surface area (Å²) >= 11 is 0. The average molecular weight is 245 g/mol. The molecule has 1 N–H and O–H groups in total. The molecule has 0 bridgehead atoms. The second-order valence-corrected chi connectivity index (χ2v) is 3.87. The molecule has 0 heterocycles. The van der Waals surface area contributed by atoms with Crippen LogP contribution in [0, 0.1) is 5.82 Å². The SMILES string of the molecule is CCOc1ccccc1CNc1ccccc1F. The van der Waals surface area contributed by atoms with Gasteiger partial charge in [0.25, 0.3) is 0 Å². The van der Waals surface area contributed by atoms with Crippen LogP contribution in [0.1, 0.15) is 12.5 Å². The Kier molecular flexibility index (Phi) is 4.18. The van der Waals surface area contributed by atoms with Crippen molar-refractivity contribution < 1.29 is 9.13 Å². The van der Waals surface area contributed by atoms with Gasteiger partial charge in [-0.15, -0.1) is 0 Å². The zero-order valence-corrected chi connectivity index (χ0v) is 10.3. The fraction of sp³-hybridized carbons (Fsp3) is 0.200. The minimum atomic E-state index is -0.244. The van der Waals surface area contributed by atoms with Gasteiger partial charge in [-0.25, -0.2) is 4.39 Å². The Morgan fingerprint density at radius 1 is 1.06 bits per heavy atom. The van der Waals surface area contributed by atoms with Crippen molar-refractivity contribution in [2.24, 2.45) is 0 Å². The van der Waals surface area contributed by atoms with Crippen LogP contribution in [0.5, 0.6) is 5.75 Å². The largest absolute Gasteiger partial charge is 0.494 e. The van der Waals surface area contributed by atoms with Gasteiger partial charge in [0.05, 0.1) is 12.3 Å². The highest BCUT2D eigenvalue weighted by molar-refractivity contribution is 5.46. The van der Waals surface area contributed by atoms with E-state index in [1.165, 1.54) is 6.07 Å². The van der Waals surface area contributed by atoms with E-state index in [4.69, 9.17) is 4.74 Å². The summed E-state index contributed by atoms with van der Waals surface area (Å²) in [4.78, 5) is 0. The molecule has 0 spiro atoms. The van der Waals surface area contributed by atoms with Gasteiger partial charge in [-0.2, -0.15) is 0 Å². The molecule has 0 saturated carbocycles. The lowest BCUT2D eigenvalue weighted by atomic mass is 10.2. The standard InChI is InChI=1S/C15H16FNO/c1-2-18-15-10-6-3-7-12(15)11-17-14-9-5-4-8-13(14)16/h3-10,17H,2,11H2,1H3. The second-order valence-electron chi connectivity index (χ2n) is 3.87. The van der Waals surface area contributed by atoms with Crippen molar-refractivity contribution in [3.8, 4) is 5.75 Å². The topological polar surface area (TPSA) is 21.3 Å². The van der Waals surface area contributed by atoms with Crippen LogP contribution < -0.4 is 10.1 Å². The van der Waals surface area contributed by atoms with E-state index in [-0.39, 0.29) is 5.82 Å². The number of halogens is 1. The van der Waals surface area contributed by atoms with Crippen molar-refractivity contribution in [1.29, 1.82) is 0 Å². The molecule has 0 unspecified atom stereocenters. The third-order valence-electron chi connectivity index (χ3n) is 2.62. The number of hydrogen-bond acceptors (Lipinski definition) is 2. The van der Waals surface area contributed by atoms with Gasteiger partial charge in [0.2, 0.25) is 0 Å². The molecule has 3 heteroatoms. The van der Waals surface area contributed by atoms with Gasteiger partial charge in [-0.05, 0) is 25.1 Å². The zero-order chi connectivity index (χ0) is 12.8. The van der Waals surface area contributed by atoms with Crippen LogP contribution >= 0.6 is 0 Å². The molecule has 0 aliphatic carbocycles. The van der Waals surface area contributed by atoms with Gasteiger partial charge in [0.1, 0.15) is 11.6 Å². The maximum Gasteiger partial charge on any atom is 0.146 e. The van der Waals surface area contributed by atoms with E-state index in [0.29, 0.717) is 18.8 Å². The van der Waals surface area contributed by atoms with Gasteiger partial charge in [0, 0.05) is 12.1 Å². The predicted molar refractivity (Wildman–Crippen MR) is 71.3 cm³/mol. The van der Waals surface area contributed by atoms with E-state index in [0.717, 1.165) is 11.3 Å². The van der Waals surface area contributed by atoms with Crippen LogP contribution in [0.15, 0.2) is 48.5 Å². The molecule has 2 nitrogen and oxygen atoms in total. The molecule has 0 atom stereocenters. The second kappa shape index (κ2) is 6.05. The number of para-hydroxylation sites is 2. The molecule has 2 aromatic carbocycles. The lowest BCUT2D eigenvalue weighted by Crippen LogP contribution is -2.04. The lowest BCUT2D eigenvalue weighted by Gasteiger charge is -2.12. The van der Waals surface area contributed by atoms with Crippen LogP contribution in [0.3, 0.4) is 0 Å². The first-order valence-electron chi connectivity index (χ1n) is 6.00. The number of nitrogens with one attached hydrogen (secondary N) is 1. The van der Waals surface area contributed by atoms with Gasteiger partial charge < -0.3 is 10.1 Å². The summed E-state index contributed by atoms with van der Waals surface area (Å²) < 4.78 is 19.0. The third-order valence-corrected chi connectivity index (χ3v) is 2.62. The molecule has 2 rings (SSSR count). The lowest BCUT2D eigenvalue weighted by molar-refractivity contribution is 0.337. The van der Waals surface area contributed by atoms with Gasteiger partial charge >= 0.3 is 0 Å². The predicted octanol–water partition coefficient (Wildman–Crippen LogP) is 3.84. The molecule has 18 heavy (non-hydrogen) atoms. The number of anilines is 1. The van der Waals surface area contributed by atoms with E-state index in [2.05, 4.69) is 5.32 Å². The van der Waals surface area contributed by atoms with E-state index >= 15 is 0 Å². The van der Waals surface area contributed by atoms with Crippen LogP contribution in [0.4, 0.5) is 10.1 Å². The maximum absolute atomic E-state index is 13.4. The minimum absolute atomic E-state index is 0.244. The third kappa shape index (κ3) is 3.00. The smallest absolute Gasteiger partial charge is 0.146 e. The highest BCUT2D eigenvalue weighted by atomic mass is 19.1. The van der Waals surface area contributed by atoms with E-state index < -0.39 is 0 Å². The average Bonchev–Trinajstić information content (AvgIpc) is 2.40. The monoisotopic (exact) mass is 245 g/mol. The van der Waals surface area contributed by atoms with Crippen molar-refractivity contribution in [3.63, 3.8) is 0 Å². The Labute approximate surface area is 106 Å². The highest BCUT2D eigenvalue weighted by Gasteiger charge is 2.04. The zero-order valence-electron chi connectivity index (χ0n) is 10.3. The van der Waals surface area contributed by atoms with Crippen molar-refractivity contribution in [3.05, 3.63) is 59.9 Å². The molecule has 0 aliphatic rings. The van der Waals surface area contributed by atoms with Crippen molar-refractivity contribution in [1.82, 2.24) is 0 Å². The first-order valence-corrected chi connectivity index (χ1v) is 6.00. The van der Waals surface area contributed by atoms with Crippen LogP contribution in [-0.4, -0.2) is 6.61 Å². The number of rotatable bonds is 5. The quantitative estimate of drug-likeness (QED) is 0.864. The van der Waals surface area contributed by atoms with Crippen molar-refractivity contribution >= 4 is 5.69 Å². The molecule has 2 aromatic rings. The Bertz CT molecular complexity index is 513. The van der Waals surface area contributed by atoms with Crippen LogP contribution in [-0.2, 0) is 6.54 Å². The van der Waals surface area contributed by atoms with Crippen molar-refractivity contribution in [2.45, 2.75) is 13.5 Å². The minimum Gasteiger partial charge on any atom is -0.494 e. The fourth-order valence-corrected chi connectivity index (χ4v) is 1.74.